The highest BCUT2D eigenvalue weighted by atomic mass is 16.5. The summed E-state index contributed by atoms with van der Waals surface area (Å²) in [5.41, 5.74) is 12.9. The van der Waals surface area contributed by atoms with Crippen LogP contribution in [0.3, 0.4) is 0 Å². The molecule has 31 heavy (non-hydrogen) atoms. The topological polar surface area (TPSA) is 108 Å². The number of aromatic nitrogens is 5. The van der Waals surface area contributed by atoms with E-state index < -0.39 is 0 Å². The van der Waals surface area contributed by atoms with Gasteiger partial charge in [0.1, 0.15) is 12.2 Å². The quantitative estimate of drug-likeness (QED) is 0.474. The second-order valence-electron chi connectivity index (χ2n) is 7.82. The number of benzene rings is 1. The van der Waals surface area contributed by atoms with Crippen molar-refractivity contribution in [2.24, 2.45) is 7.05 Å². The molecule has 0 saturated carbocycles. The van der Waals surface area contributed by atoms with E-state index in [1.54, 1.807) is 17.2 Å². The summed E-state index contributed by atoms with van der Waals surface area (Å²) in [6.07, 6.45) is 5.03. The molecule has 1 aromatic carbocycles. The van der Waals surface area contributed by atoms with Crippen LogP contribution in [-0.2, 0) is 13.6 Å². The molecule has 2 bridgehead atoms. The standard InChI is InChI=1S/C23H21N7O/c1-13-4-5-17-18(6-13)14(2)31-20-7-15(9-26-23(20)25)22-19(8-24)27-12-30(22)11-16-10-29(3)28-21(16)17/h4-7,9-10,12,14H,11H2,1-3H3,(H2,25,26). The van der Waals surface area contributed by atoms with E-state index in [2.05, 4.69) is 41.2 Å². The Kier molecular flexibility index (Phi) is 4.26. The molecule has 4 aromatic rings. The number of anilines is 1. The zero-order valence-corrected chi connectivity index (χ0v) is 17.5. The zero-order valence-electron chi connectivity index (χ0n) is 17.5. The predicted octanol–water partition coefficient (Wildman–Crippen LogP) is 3.61. The molecule has 0 aliphatic carbocycles. The van der Waals surface area contributed by atoms with E-state index in [1.807, 2.05) is 30.8 Å². The van der Waals surface area contributed by atoms with Crippen LogP contribution in [0.2, 0.25) is 0 Å². The van der Waals surface area contributed by atoms with Crippen molar-refractivity contribution in [1.82, 2.24) is 24.3 Å². The molecular weight excluding hydrogens is 390 g/mol. The first kappa shape index (κ1) is 18.9. The molecule has 0 spiro atoms. The Hall–Kier alpha value is -4.12. The van der Waals surface area contributed by atoms with Crippen LogP contribution in [0.15, 0.2) is 43.0 Å². The van der Waals surface area contributed by atoms with Gasteiger partial charge in [0.15, 0.2) is 17.3 Å². The lowest BCUT2D eigenvalue weighted by atomic mass is 9.96. The fraction of sp³-hybridized carbons (Fsp3) is 0.217. The maximum absolute atomic E-state index is 9.64. The molecule has 1 atom stereocenters. The van der Waals surface area contributed by atoms with Gasteiger partial charge in [-0.1, -0.05) is 23.8 Å². The number of hydrogen-bond donors (Lipinski definition) is 1. The molecule has 1 aliphatic rings. The van der Waals surface area contributed by atoms with E-state index in [0.29, 0.717) is 29.5 Å². The van der Waals surface area contributed by atoms with Crippen molar-refractivity contribution in [3.8, 4) is 34.3 Å². The van der Waals surface area contributed by atoms with Crippen molar-refractivity contribution in [3.05, 3.63) is 65.4 Å². The first-order chi connectivity index (χ1) is 14.9. The van der Waals surface area contributed by atoms with E-state index in [9.17, 15) is 5.26 Å². The maximum Gasteiger partial charge on any atom is 0.166 e. The van der Waals surface area contributed by atoms with Crippen LogP contribution in [0.25, 0.3) is 22.5 Å². The summed E-state index contributed by atoms with van der Waals surface area (Å²) in [5.74, 6) is 0.765. The molecule has 0 saturated heterocycles. The Morgan fingerprint density at radius 1 is 1.26 bits per heavy atom. The number of fused-ring (bicyclic) bond motifs is 7. The van der Waals surface area contributed by atoms with Crippen LogP contribution in [0, 0.1) is 18.3 Å². The molecule has 0 fully saturated rings. The molecule has 0 amide bonds. The highest BCUT2D eigenvalue weighted by Gasteiger charge is 2.23. The minimum absolute atomic E-state index is 0.288. The van der Waals surface area contributed by atoms with E-state index in [-0.39, 0.29) is 6.10 Å². The van der Waals surface area contributed by atoms with Gasteiger partial charge in [0, 0.05) is 41.7 Å². The molecule has 1 unspecified atom stereocenters. The highest BCUT2D eigenvalue weighted by molar-refractivity contribution is 5.71. The fourth-order valence-corrected chi connectivity index (χ4v) is 4.12. The van der Waals surface area contributed by atoms with Crippen LogP contribution in [-0.4, -0.2) is 24.3 Å². The number of nitrogen functional groups attached to an aromatic ring is 1. The zero-order chi connectivity index (χ0) is 21.7. The molecule has 0 radical (unpaired) electrons. The molecule has 5 rings (SSSR count). The van der Waals surface area contributed by atoms with Gasteiger partial charge in [-0.3, -0.25) is 4.68 Å². The number of aryl methyl sites for hydroxylation is 2. The molecule has 2 N–H and O–H groups in total. The maximum atomic E-state index is 9.64. The van der Waals surface area contributed by atoms with Gasteiger partial charge in [-0.05, 0) is 19.9 Å². The number of ether oxygens (including phenoxy) is 1. The summed E-state index contributed by atoms with van der Waals surface area (Å²) >= 11 is 0. The normalized spacial score (nSPS) is 14.8. The second kappa shape index (κ2) is 6.99. The van der Waals surface area contributed by atoms with Gasteiger partial charge in [0.25, 0.3) is 0 Å². The molecular formula is C23H21N7O. The average molecular weight is 411 g/mol. The summed E-state index contributed by atoms with van der Waals surface area (Å²) in [4.78, 5) is 8.63. The molecule has 4 heterocycles. The monoisotopic (exact) mass is 411 g/mol. The number of nitrogens with zero attached hydrogens (tertiary/aromatic N) is 6. The smallest absolute Gasteiger partial charge is 0.166 e. The van der Waals surface area contributed by atoms with Gasteiger partial charge in [-0.15, -0.1) is 0 Å². The largest absolute Gasteiger partial charge is 0.482 e. The Balaban J connectivity index is 1.82. The van der Waals surface area contributed by atoms with Crippen LogP contribution in [0.5, 0.6) is 5.75 Å². The van der Waals surface area contributed by atoms with Crippen LogP contribution in [0.4, 0.5) is 5.82 Å². The number of hydrogen-bond acceptors (Lipinski definition) is 6. The Bertz CT molecular complexity index is 1360. The molecule has 154 valence electrons. The molecule has 3 aromatic heterocycles. The van der Waals surface area contributed by atoms with Gasteiger partial charge in [-0.25, -0.2) is 9.97 Å². The van der Waals surface area contributed by atoms with Crippen molar-refractivity contribution in [1.29, 1.82) is 5.26 Å². The lowest BCUT2D eigenvalue weighted by Gasteiger charge is -2.21. The Labute approximate surface area is 179 Å². The van der Waals surface area contributed by atoms with Crippen molar-refractivity contribution in [3.63, 3.8) is 0 Å². The Morgan fingerprint density at radius 2 is 2.10 bits per heavy atom. The predicted molar refractivity (Wildman–Crippen MR) is 116 cm³/mol. The van der Waals surface area contributed by atoms with Crippen LogP contribution < -0.4 is 10.5 Å². The van der Waals surface area contributed by atoms with E-state index >= 15 is 0 Å². The summed E-state index contributed by atoms with van der Waals surface area (Å²) in [6, 6.07) is 10.3. The lowest BCUT2D eigenvalue weighted by Crippen LogP contribution is -2.10. The number of pyridine rings is 1. The first-order valence-electron chi connectivity index (χ1n) is 9.96. The third kappa shape index (κ3) is 3.11. The minimum atomic E-state index is -0.288. The summed E-state index contributed by atoms with van der Waals surface area (Å²) in [5, 5.41) is 14.4. The average Bonchev–Trinajstić information content (AvgIpc) is 3.32. The Morgan fingerprint density at radius 3 is 2.90 bits per heavy atom. The number of rotatable bonds is 0. The minimum Gasteiger partial charge on any atom is -0.482 e. The third-order valence-electron chi connectivity index (χ3n) is 5.55. The number of nitriles is 1. The van der Waals surface area contributed by atoms with Crippen LogP contribution in [0.1, 0.15) is 35.4 Å². The molecule has 1 aliphatic heterocycles. The summed E-state index contributed by atoms with van der Waals surface area (Å²) in [6.45, 7) is 4.55. The van der Waals surface area contributed by atoms with Crippen molar-refractivity contribution in [2.45, 2.75) is 26.5 Å². The van der Waals surface area contributed by atoms with Gasteiger partial charge in [0.05, 0.1) is 24.3 Å². The third-order valence-corrected chi connectivity index (χ3v) is 5.55. The number of nitrogens with two attached hydrogens (primary N) is 1. The molecule has 8 heteroatoms. The summed E-state index contributed by atoms with van der Waals surface area (Å²) < 4.78 is 10.0. The van der Waals surface area contributed by atoms with E-state index in [4.69, 9.17) is 15.6 Å². The van der Waals surface area contributed by atoms with Gasteiger partial charge in [0.2, 0.25) is 0 Å². The summed E-state index contributed by atoms with van der Waals surface area (Å²) in [7, 11) is 1.90. The van der Waals surface area contributed by atoms with Gasteiger partial charge < -0.3 is 15.0 Å². The SMILES string of the molecule is Cc1ccc2c(c1)C(C)Oc1cc(cnc1N)-c1c(C#N)ncn1Cc1cn(C)nc1-2. The van der Waals surface area contributed by atoms with Gasteiger partial charge >= 0.3 is 0 Å². The first-order valence-corrected chi connectivity index (χ1v) is 9.96. The van der Waals surface area contributed by atoms with Crippen molar-refractivity contribution < 1.29 is 4.74 Å². The lowest BCUT2D eigenvalue weighted by molar-refractivity contribution is 0.228. The fourth-order valence-electron chi connectivity index (χ4n) is 4.12. The number of imidazole rings is 1. The van der Waals surface area contributed by atoms with Crippen LogP contribution >= 0.6 is 0 Å². The van der Waals surface area contributed by atoms with E-state index in [1.165, 1.54) is 0 Å². The van der Waals surface area contributed by atoms with Crippen molar-refractivity contribution >= 4 is 5.82 Å². The van der Waals surface area contributed by atoms with E-state index in [0.717, 1.165) is 33.5 Å². The van der Waals surface area contributed by atoms with Gasteiger partial charge in [-0.2, -0.15) is 10.4 Å². The highest BCUT2D eigenvalue weighted by Crippen LogP contribution is 2.37. The van der Waals surface area contributed by atoms with Crippen molar-refractivity contribution in [2.75, 3.05) is 5.73 Å². The second-order valence-corrected chi connectivity index (χ2v) is 7.82. The molecule has 8 nitrogen and oxygen atoms in total.